The Bertz CT molecular complexity index is 286. The Labute approximate surface area is 72.2 Å². The summed E-state index contributed by atoms with van der Waals surface area (Å²) >= 11 is 0. The van der Waals surface area contributed by atoms with Gasteiger partial charge in [-0.1, -0.05) is 13.8 Å². The van der Waals surface area contributed by atoms with Gasteiger partial charge in [-0.15, -0.1) is 0 Å². The normalized spacial score (nSPS) is 26.8. The summed E-state index contributed by atoms with van der Waals surface area (Å²) in [4.78, 5) is 0. The van der Waals surface area contributed by atoms with Gasteiger partial charge in [0.2, 0.25) is 0 Å². The number of fused-ring (bicyclic) bond motifs is 1. The Kier molecular flexibility index (Phi) is 1.55. The number of rotatable bonds is 0. The molecule has 1 aromatic heterocycles. The molecule has 1 unspecified atom stereocenters. The summed E-state index contributed by atoms with van der Waals surface area (Å²) in [5.41, 5.74) is 2.31. The van der Waals surface area contributed by atoms with Crippen molar-refractivity contribution >= 4 is 0 Å². The Morgan fingerprint density at radius 2 is 2.25 bits per heavy atom. The lowest BCUT2D eigenvalue weighted by molar-refractivity contribution is 0.140. The zero-order chi connectivity index (χ0) is 8.77. The molecule has 2 rings (SSSR count). The van der Waals surface area contributed by atoms with E-state index in [1.807, 2.05) is 0 Å². The molecular weight excluding hydrogens is 152 g/mol. The molecule has 0 amide bonds. The quantitative estimate of drug-likeness (QED) is 0.642. The molecule has 0 aromatic carbocycles. The van der Waals surface area contributed by atoms with E-state index in [4.69, 9.17) is 4.42 Å². The van der Waals surface area contributed by atoms with Gasteiger partial charge in [0.25, 0.3) is 0 Å². The van der Waals surface area contributed by atoms with Crippen molar-refractivity contribution in [1.29, 1.82) is 0 Å². The summed E-state index contributed by atoms with van der Waals surface area (Å²) in [6, 6.07) is 0. The van der Waals surface area contributed by atoms with Crippen LogP contribution in [0.2, 0.25) is 0 Å². The second-order valence-electron chi connectivity index (χ2n) is 4.18. The zero-order valence-corrected chi connectivity index (χ0v) is 7.50. The molecule has 0 saturated carbocycles. The van der Waals surface area contributed by atoms with Crippen molar-refractivity contribution in [2.24, 2.45) is 0 Å². The van der Waals surface area contributed by atoms with Crippen molar-refractivity contribution in [2.45, 2.75) is 38.2 Å². The maximum atomic E-state index is 9.62. The van der Waals surface area contributed by atoms with Crippen LogP contribution in [0.1, 0.15) is 43.9 Å². The van der Waals surface area contributed by atoms with Crippen LogP contribution in [0.4, 0.5) is 0 Å². The van der Waals surface area contributed by atoms with Gasteiger partial charge in [0.05, 0.1) is 18.6 Å². The standard InChI is InChI=1S/C10H14O2/c1-10(2)4-3-9(11)7-5-12-6-8(7)10/h5-6,9,11H,3-4H2,1-2H3. The van der Waals surface area contributed by atoms with Crippen molar-refractivity contribution in [3.8, 4) is 0 Å². The average Bonchev–Trinajstić information content (AvgIpc) is 2.46. The Morgan fingerprint density at radius 1 is 1.50 bits per heavy atom. The first kappa shape index (κ1) is 7.87. The minimum Gasteiger partial charge on any atom is -0.472 e. The van der Waals surface area contributed by atoms with Crippen LogP contribution in [-0.2, 0) is 5.41 Å². The molecule has 1 aliphatic carbocycles. The van der Waals surface area contributed by atoms with Crippen molar-refractivity contribution in [3.05, 3.63) is 23.7 Å². The van der Waals surface area contributed by atoms with Crippen LogP contribution >= 0.6 is 0 Å². The van der Waals surface area contributed by atoms with Gasteiger partial charge >= 0.3 is 0 Å². The van der Waals surface area contributed by atoms with Gasteiger partial charge in [-0.05, 0) is 18.3 Å². The van der Waals surface area contributed by atoms with Gasteiger partial charge in [-0.3, -0.25) is 0 Å². The highest BCUT2D eigenvalue weighted by molar-refractivity contribution is 5.33. The lowest BCUT2D eigenvalue weighted by Gasteiger charge is -2.31. The predicted octanol–water partition coefficient (Wildman–Crippen LogP) is 2.38. The molecule has 2 heteroatoms. The molecule has 12 heavy (non-hydrogen) atoms. The number of aliphatic hydroxyl groups is 1. The topological polar surface area (TPSA) is 33.4 Å². The summed E-state index contributed by atoms with van der Waals surface area (Å²) in [5, 5.41) is 9.62. The van der Waals surface area contributed by atoms with E-state index in [1.54, 1.807) is 12.5 Å². The third kappa shape index (κ3) is 0.985. The molecule has 1 aromatic rings. The number of hydrogen-bond donors (Lipinski definition) is 1. The van der Waals surface area contributed by atoms with Crippen LogP contribution in [0.15, 0.2) is 16.9 Å². The smallest absolute Gasteiger partial charge is 0.0963 e. The van der Waals surface area contributed by atoms with Crippen LogP contribution in [0.5, 0.6) is 0 Å². The van der Waals surface area contributed by atoms with Crippen LogP contribution in [0, 0.1) is 0 Å². The molecule has 1 N–H and O–H groups in total. The molecule has 66 valence electrons. The first-order valence-corrected chi connectivity index (χ1v) is 4.36. The number of aliphatic hydroxyl groups excluding tert-OH is 1. The van der Waals surface area contributed by atoms with Crippen molar-refractivity contribution < 1.29 is 9.52 Å². The lowest BCUT2D eigenvalue weighted by atomic mass is 9.74. The molecule has 0 radical (unpaired) electrons. The SMILES string of the molecule is CC1(C)CCC(O)c2cocc21. The zero-order valence-electron chi connectivity index (χ0n) is 7.50. The van der Waals surface area contributed by atoms with E-state index in [9.17, 15) is 5.11 Å². The first-order valence-electron chi connectivity index (χ1n) is 4.36. The van der Waals surface area contributed by atoms with Gasteiger partial charge < -0.3 is 9.52 Å². The van der Waals surface area contributed by atoms with E-state index in [1.165, 1.54) is 5.56 Å². The molecule has 0 aliphatic heterocycles. The lowest BCUT2D eigenvalue weighted by Crippen LogP contribution is -2.24. The highest BCUT2D eigenvalue weighted by Crippen LogP contribution is 2.41. The van der Waals surface area contributed by atoms with Crippen LogP contribution in [0.25, 0.3) is 0 Å². The molecule has 2 nitrogen and oxygen atoms in total. The van der Waals surface area contributed by atoms with E-state index in [2.05, 4.69) is 13.8 Å². The van der Waals surface area contributed by atoms with Crippen molar-refractivity contribution in [3.63, 3.8) is 0 Å². The molecule has 0 fully saturated rings. The molecule has 0 bridgehead atoms. The fourth-order valence-corrected chi connectivity index (χ4v) is 1.90. The molecule has 1 aliphatic rings. The minimum absolute atomic E-state index is 0.168. The summed E-state index contributed by atoms with van der Waals surface area (Å²) < 4.78 is 5.11. The maximum Gasteiger partial charge on any atom is 0.0963 e. The minimum atomic E-state index is -0.313. The van der Waals surface area contributed by atoms with Gasteiger partial charge in [-0.2, -0.15) is 0 Å². The van der Waals surface area contributed by atoms with Crippen molar-refractivity contribution in [2.75, 3.05) is 0 Å². The third-order valence-corrected chi connectivity index (χ3v) is 2.82. The Balaban J connectivity index is 2.50. The third-order valence-electron chi connectivity index (χ3n) is 2.82. The molecule has 1 heterocycles. The second-order valence-corrected chi connectivity index (χ2v) is 4.18. The second kappa shape index (κ2) is 2.36. The fraction of sp³-hybridized carbons (Fsp3) is 0.600. The molecule has 0 spiro atoms. The van der Waals surface area contributed by atoms with Gasteiger partial charge in [0, 0.05) is 11.1 Å². The van der Waals surface area contributed by atoms with Crippen molar-refractivity contribution in [1.82, 2.24) is 0 Å². The molecule has 0 saturated heterocycles. The van der Waals surface area contributed by atoms with E-state index in [-0.39, 0.29) is 11.5 Å². The summed E-state index contributed by atoms with van der Waals surface area (Å²) in [7, 11) is 0. The van der Waals surface area contributed by atoms with E-state index in [0.717, 1.165) is 18.4 Å². The summed E-state index contributed by atoms with van der Waals surface area (Å²) in [5.74, 6) is 0. The first-order chi connectivity index (χ1) is 5.61. The highest BCUT2D eigenvalue weighted by atomic mass is 16.3. The van der Waals surface area contributed by atoms with E-state index < -0.39 is 0 Å². The highest BCUT2D eigenvalue weighted by Gasteiger charge is 2.33. The van der Waals surface area contributed by atoms with Crippen LogP contribution in [-0.4, -0.2) is 5.11 Å². The number of furan rings is 1. The van der Waals surface area contributed by atoms with Crippen LogP contribution < -0.4 is 0 Å². The monoisotopic (exact) mass is 166 g/mol. The summed E-state index contributed by atoms with van der Waals surface area (Å²) in [6.45, 7) is 4.38. The van der Waals surface area contributed by atoms with Gasteiger partial charge in [0.15, 0.2) is 0 Å². The molecule has 1 atom stereocenters. The summed E-state index contributed by atoms with van der Waals surface area (Å²) in [6.07, 6.45) is 4.99. The Hall–Kier alpha value is -0.760. The van der Waals surface area contributed by atoms with Gasteiger partial charge in [0.1, 0.15) is 0 Å². The average molecular weight is 166 g/mol. The predicted molar refractivity (Wildman–Crippen MR) is 45.9 cm³/mol. The van der Waals surface area contributed by atoms with Gasteiger partial charge in [-0.25, -0.2) is 0 Å². The number of hydrogen-bond acceptors (Lipinski definition) is 2. The van der Waals surface area contributed by atoms with E-state index >= 15 is 0 Å². The van der Waals surface area contributed by atoms with E-state index in [0.29, 0.717) is 0 Å². The Morgan fingerprint density at radius 3 is 2.92 bits per heavy atom. The largest absolute Gasteiger partial charge is 0.472 e. The molecular formula is C10H14O2. The fourth-order valence-electron chi connectivity index (χ4n) is 1.90. The van der Waals surface area contributed by atoms with Crippen LogP contribution in [0.3, 0.4) is 0 Å². The maximum absolute atomic E-state index is 9.62.